The van der Waals surface area contributed by atoms with Crippen molar-refractivity contribution >= 4 is 11.9 Å². The van der Waals surface area contributed by atoms with E-state index in [9.17, 15) is 9.59 Å². The van der Waals surface area contributed by atoms with E-state index < -0.39 is 5.97 Å². The number of carbonyl (C=O) groups is 2. The maximum Gasteiger partial charge on any atom is 0.306 e. The highest BCUT2D eigenvalue weighted by Gasteiger charge is 2.18. The Kier molecular flexibility index (Phi) is 8.46. The normalized spacial score (nSPS) is 12.5. The number of carboxylic acids is 1. The molecule has 1 atom stereocenters. The van der Waals surface area contributed by atoms with Crippen LogP contribution >= 0.6 is 0 Å². The Morgan fingerprint density at radius 3 is 2.29 bits per heavy atom. The zero-order valence-corrected chi connectivity index (χ0v) is 11.2. The number of carboxylic acid groups (broad SMARTS) is 1. The molecule has 0 fully saturated rings. The molecule has 0 aromatic rings. The van der Waals surface area contributed by atoms with Crippen molar-refractivity contribution in [3.8, 4) is 0 Å². The van der Waals surface area contributed by atoms with Gasteiger partial charge in [0.1, 0.15) is 0 Å². The molecular formula is C13H25NO3. The molecule has 0 saturated heterocycles. The lowest BCUT2D eigenvalue weighted by molar-refractivity contribution is -0.142. The molecule has 0 rings (SSSR count). The van der Waals surface area contributed by atoms with E-state index in [4.69, 9.17) is 5.11 Å². The lowest BCUT2D eigenvalue weighted by Crippen LogP contribution is -2.24. The molecule has 1 amide bonds. The van der Waals surface area contributed by atoms with E-state index in [0.717, 1.165) is 12.8 Å². The number of hydrogen-bond donors (Lipinski definition) is 2. The van der Waals surface area contributed by atoms with Crippen LogP contribution in [0.4, 0.5) is 0 Å². The van der Waals surface area contributed by atoms with Crippen LogP contribution < -0.4 is 5.32 Å². The molecule has 17 heavy (non-hydrogen) atoms. The van der Waals surface area contributed by atoms with Crippen LogP contribution in [0.3, 0.4) is 0 Å². The second-order valence-electron chi connectivity index (χ2n) is 4.85. The van der Waals surface area contributed by atoms with Crippen LogP contribution in [0.15, 0.2) is 0 Å². The standard InChI is InChI=1S/C13H25NO3/c1-4-14-12(15)9-8-11(13(16)17)7-5-6-10(2)3/h10-11H,4-9H2,1-3H3,(H,14,15)(H,16,17)/t11-/m1/s1. The van der Waals surface area contributed by atoms with Crippen molar-refractivity contribution in [2.75, 3.05) is 6.54 Å². The third-order valence-electron chi connectivity index (χ3n) is 2.78. The monoisotopic (exact) mass is 243 g/mol. The maximum absolute atomic E-state index is 11.2. The lowest BCUT2D eigenvalue weighted by Gasteiger charge is -2.12. The summed E-state index contributed by atoms with van der Waals surface area (Å²) in [6.07, 6.45) is 3.40. The third kappa shape index (κ3) is 8.72. The largest absolute Gasteiger partial charge is 0.481 e. The highest BCUT2D eigenvalue weighted by atomic mass is 16.4. The van der Waals surface area contributed by atoms with E-state index in [0.29, 0.717) is 31.7 Å². The summed E-state index contributed by atoms with van der Waals surface area (Å²) < 4.78 is 0. The van der Waals surface area contributed by atoms with Crippen LogP contribution in [0.1, 0.15) is 52.9 Å². The highest BCUT2D eigenvalue weighted by Crippen LogP contribution is 2.17. The Hall–Kier alpha value is -1.06. The molecule has 0 aliphatic rings. The first-order valence-corrected chi connectivity index (χ1v) is 6.46. The average molecular weight is 243 g/mol. The molecule has 0 unspecified atom stereocenters. The van der Waals surface area contributed by atoms with Crippen LogP contribution in [0.2, 0.25) is 0 Å². The SMILES string of the molecule is CCNC(=O)CC[C@@H](CCCC(C)C)C(=O)O. The summed E-state index contributed by atoms with van der Waals surface area (Å²) >= 11 is 0. The minimum Gasteiger partial charge on any atom is -0.481 e. The van der Waals surface area contributed by atoms with Crippen molar-refractivity contribution in [3.05, 3.63) is 0 Å². The topological polar surface area (TPSA) is 66.4 Å². The molecule has 0 bridgehead atoms. The minimum atomic E-state index is -0.780. The van der Waals surface area contributed by atoms with Crippen molar-refractivity contribution in [1.29, 1.82) is 0 Å². The Balaban J connectivity index is 3.90. The van der Waals surface area contributed by atoms with Gasteiger partial charge < -0.3 is 10.4 Å². The van der Waals surface area contributed by atoms with Gasteiger partial charge in [0.2, 0.25) is 5.91 Å². The van der Waals surface area contributed by atoms with E-state index >= 15 is 0 Å². The van der Waals surface area contributed by atoms with Gasteiger partial charge in [-0.1, -0.05) is 26.7 Å². The van der Waals surface area contributed by atoms with Gasteiger partial charge in [0.15, 0.2) is 0 Å². The fourth-order valence-electron chi connectivity index (χ4n) is 1.75. The summed E-state index contributed by atoms with van der Waals surface area (Å²) in [6.45, 7) is 6.72. The van der Waals surface area contributed by atoms with E-state index in [1.807, 2.05) is 6.92 Å². The molecule has 0 aromatic carbocycles. The van der Waals surface area contributed by atoms with Crippen LogP contribution in [-0.4, -0.2) is 23.5 Å². The lowest BCUT2D eigenvalue weighted by atomic mass is 9.94. The fourth-order valence-corrected chi connectivity index (χ4v) is 1.75. The van der Waals surface area contributed by atoms with Gasteiger partial charge in [-0.25, -0.2) is 0 Å². The molecule has 4 heteroatoms. The van der Waals surface area contributed by atoms with Crippen molar-refractivity contribution in [3.63, 3.8) is 0 Å². The Labute approximate surface area is 104 Å². The van der Waals surface area contributed by atoms with Gasteiger partial charge in [-0.05, 0) is 25.7 Å². The van der Waals surface area contributed by atoms with Gasteiger partial charge >= 0.3 is 5.97 Å². The predicted molar refractivity (Wildman–Crippen MR) is 67.7 cm³/mol. The van der Waals surface area contributed by atoms with Crippen molar-refractivity contribution < 1.29 is 14.7 Å². The van der Waals surface area contributed by atoms with Gasteiger partial charge in [0.25, 0.3) is 0 Å². The Morgan fingerprint density at radius 2 is 1.82 bits per heavy atom. The van der Waals surface area contributed by atoms with E-state index in [1.54, 1.807) is 0 Å². The quantitative estimate of drug-likeness (QED) is 0.653. The summed E-state index contributed by atoms with van der Waals surface area (Å²) in [5.74, 6) is -0.607. The smallest absolute Gasteiger partial charge is 0.306 e. The van der Waals surface area contributed by atoms with Gasteiger partial charge in [-0.3, -0.25) is 9.59 Å². The summed E-state index contributed by atoms with van der Waals surface area (Å²) in [7, 11) is 0. The predicted octanol–water partition coefficient (Wildman–Crippen LogP) is 2.43. The zero-order chi connectivity index (χ0) is 13.3. The number of rotatable bonds is 9. The molecule has 0 spiro atoms. The molecule has 2 N–H and O–H groups in total. The number of amides is 1. The summed E-state index contributed by atoms with van der Waals surface area (Å²) in [4.78, 5) is 22.3. The second-order valence-corrected chi connectivity index (χ2v) is 4.85. The molecule has 0 aromatic heterocycles. The summed E-state index contributed by atoms with van der Waals surface area (Å²) in [6, 6.07) is 0. The third-order valence-corrected chi connectivity index (χ3v) is 2.78. The highest BCUT2D eigenvalue weighted by molar-refractivity contribution is 5.77. The number of nitrogens with one attached hydrogen (secondary N) is 1. The molecule has 0 radical (unpaired) electrons. The summed E-state index contributed by atoms with van der Waals surface area (Å²) in [5.41, 5.74) is 0. The Bertz CT molecular complexity index is 239. The van der Waals surface area contributed by atoms with Crippen molar-refractivity contribution in [1.82, 2.24) is 5.32 Å². The molecule has 4 nitrogen and oxygen atoms in total. The second kappa shape index (κ2) is 9.02. The van der Waals surface area contributed by atoms with Gasteiger partial charge in [0.05, 0.1) is 5.92 Å². The molecule has 0 aliphatic heterocycles. The van der Waals surface area contributed by atoms with Gasteiger partial charge in [-0.15, -0.1) is 0 Å². The van der Waals surface area contributed by atoms with E-state index in [-0.39, 0.29) is 11.8 Å². The average Bonchev–Trinajstić information content (AvgIpc) is 2.22. The summed E-state index contributed by atoms with van der Waals surface area (Å²) in [5, 5.41) is 11.7. The van der Waals surface area contributed by atoms with E-state index in [1.165, 1.54) is 0 Å². The van der Waals surface area contributed by atoms with Crippen LogP contribution in [0.25, 0.3) is 0 Å². The first-order chi connectivity index (χ1) is 7.97. The molecule has 0 aliphatic carbocycles. The number of carbonyl (C=O) groups excluding carboxylic acids is 1. The van der Waals surface area contributed by atoms with Gasteiger partial charge in [-0.2, -0.15) is 0 Å². The first kappa shape index (κ1) is 15.9. The number of aliphatic carboxylic acids is 1. The molecular weight excluding hydrogens is 218 g/mol. The first-order valence-electron chi connectivity index (χ1n) is 6.46. The van der Waals surface area contributed by atoms with Gasteiger partial charge in [0, 0.05) is 13.0 Å². The maximum atomic E-state index is 11.2. The van der Waals surface area contributed by atoms with E-state index in [2.05, 4.69) is 19.2 Å². The van der Waals surface area contributed by atoms with Crippen LogP contribution in [0.5, 0.6) is 0 Å². The van der Waals surface area contributed by atoms with Crippen molar-refractivity contribution in [2.45, 2.75) is 52.9 Å². The molecule has 0 saturated carbocycles. The molecule has 0 heterocycles. The van der Waals surface area contributed by atoms with Crippen LogP contribution in [-0.2, 0) is 9.59 Å². The zero-order valence-electron chi connectivity index (χ0n) is 11.2. The number of hydrogen-bond acceptors (Lipinski definition) is 2. The van der Waals surface area contributed by atoms with Crippen molar-refractivity contribution in [2.24, 2.45) is 11.8 Å². The minimum absolute atomic E-state index is 0.0531. The fraction of sp³-hybridized carbons (Fsp3) is 0.846. The Morgan fingerprint density at radius 1 is 1.18 bits per heavy atom. The van der Waals surface area contributed by atoms with Crippen LogP contribution in [0, 0.1) is 11.8 Å². The molecule has 100 valence electrons.